The minimum atomic E-state index is 0.507. The third kappa shape index (κ3) is 4.65. The average Bonchev–Trinajstić information content (AvgIpc) is 2.52. The predicted octanol–water partition coefficient (Wildman–Crippen LogP) is 4.45. The average molecular weight is 266 g/mol. The van der Waals surface area contributed by atoms with Crippen molar-refractivity contribution in [3.63, 3.8) is 0 Å². The Balaban J connectivity index is 1.82. The van der Waals surface area contributed by atoms with Crippen molar-refractivity contribution in [2.24, 2.45) is 0 Å². The van der Waals surface area contributed by atoms with Gasteiger partial charge in [0.2, 0.25) is 0 Å². The maximum absolute atomic E-state index is 5.63. The molecule has 0 saturated carbocycles. The molecule has 20 heavy (non-hydrogen) atoms. The zero-order chi connectivity index (χ0) is 14.0. The van der Waals surface area contributed by atoms with Gasteiger partial charge in [0.1, 0.15) is 19.5 Å². The van der Waals surface area contributed by atoms with Gasteiger partial charge in [-0.25, -0.2) is 0 Å². The molecule has 0 N–H and O–H groups in total. The summed E-state index contributed by atoms with van der Waals surface area (Å²) in [6.45, 7) is 4.75. The summed E-state index contributed by atoms with van der Waals surface area (Å²) in [6.07, 6.45) is 3.25. The highest BCUT2D eigenvalue weighted by Gasteiger charge is 1.96. The Morgan fingerprint density at radius 3 is 1.95 bits per heavy atom. The lowest BCUT2D eigenvalue weighted by Crippen LogP contribution is -1.93. The van der Waals surface area contributed by atoms with Gasteiger partial charge < -0.3 is 9.47 Å². The van der Waals surface area contributed by atoms with E-state index in [9.17, 15) is 0 Å². The largest absolute Gasteiger partial charge is 0.493 e. The SMILES string of the molecule is C=C/C(=C/OCc1ccccc1)OCc1ccccc1. The Kier molecular flexibility index (Phi) is 5.47. The molecule has 0 heterocycles. The van der Waals surface area contributed by atoms with Gasteiger partial charge in [0.05, 0.1) is 0 Å². The lowest BCUT2D eigenvalue weighted by atomic mass is 10.2. The topological polar surface area (TPSA) is 18.5 Å². The van der Waals surface area contributed by atoms with Gasteiger partial charge in [0.25, 0.3) is 0 Å². The van der Waals surface area contributed by atoms with Gasteiger partial charge in [-0.3, -0.25) is 0 Å². The van der Waals surface area contributed by atoms with Crippen LogP contribution < -0.4 is 0 Å². The van der Waals surface area contributed by atoms with Gasteiger partial charge in [-0.05, 0) is 17.2 Å². The zero-order valence-electron chi connectivity index (χ0n) is 11.4. The van der Waals surface area contributed by atoms with Crippen LogP contribution in [0, 0.1) is 0 Å². The molecule has 2 aromatic carbocycles. The lowest BCUT2D eigenvalue weighted by Gasteiger charge is -2.07. The number of rotatable bonds is 7. The van der Waals surface area contributed by atoms with Crippen LogP contribution >= 0.6 is 0 Å². The van der Waals surface area contributed by atoms with Gasteiger partial charge in [-0.2, -0.15) is 0 Å². The minimum absolute atomic E-state index is 0.507. The van der Waals surface area contributed by atoms with E-state index < -0.39 is 0 Å². The summed E-state index contributed by atoms with van der Waals surface area (Å²) in [5, 5.41) is 0. The van der Waals surface area contributed by atoms with Crippen LogP contribution in [0.5, 0.6) is 0 Å². The van der Waals surface area contributed by atoms with Gasteiger partial charge in [-0.15, -0.1) is 0 Å². The summed E-state index contributed by atoms with van der Waals surface area (Å²) < 4.78 is 11.1. The fourth-order valence-corrected chi connectivity index (χ4v) is 1.68. The lowest BCUT2D eigenvalue weighted by molar-refractivity contribution is 0.172. The number of benzene rings is 2. The van der Waals surface area contributed by atoms with Crippen LogP contribution in [0.15, 0.2) is 85.3 Å². The molecule has 2 nitrogen and oxygen atoms in total. The highest BCUT2D eigenvalue weighted by molar-refractivity contribution is 5.15. The molecule has 0 saturated heterocycles. The molecule has 0 atom stereocenters. The van der Waals surface area contributed by atoms with Crippen molar-refractivity contribution >= 4 is 0 Å². The van der Waals surface area contributed by atoms with Crippen molar-refractivity contribution in [2.75, 3.05) is 0 Å². The van der Waals surface area contributed by atoms with Gasteiger partial charge in [-0.1, -0.05) is 67.2 Å². The van der Waals surface area contributed by atoms with E-state index in [1.165, 1.54) is 0 Å². The Hall–Kier alpha value is -2.48. The second kappa shape index (κ2) is 7.85. The van der Waals surface area contributed by atoms with Crippen LogP contribution in [0.25, 0.3) is 0 Å². The Morgan fingerprint density at radius 2 is 1.40 bits per heavy atom. The highest BCUT2D eigenvalue weighted by Crippen LogP contribution is 2.08. The first-order chi connectivity index (χ1) is 9.88. The van der Waals surface area contributed by atoms with E-state index in [0.717, 1.165) is 11.1 Å². The number of hydrogen-bond acceptors (Lipinski definition) is 2. The highest BCUT2D eigenvalue weighted by atomic mass is 16.5. The number of hydrogen-bond donors (Lipinski definition) is 0. The summed E-state index contributed by atoms with van der Waals surface area (Å²) in [4.78, 5) is 0. The maximum atomic E-state index is 5.63. The molecule has 0 aliphatic rings. The van der Waals surface area contributed by atoms with E-state index in [1.807, 2.05) is 60.7 Å². The second-order valence-electron chi connectivity index (χ2n) is 4.30. The first-order valence-corrected chi connectivity index (χ1v) is 6.53. The molecule has 0 radical (unpaired) electrons. The van der Waals surface area contributed by atoms with Crippen LogP contribution in [0.3, 0.4) is 0 Å². The van der Waals surface area contributed by atoms with Crippen LogP contribution in [-0.2, 0) is 22.7 Å². The molecular formula is C18H18O2. The van der Waals surface area contributed by atoms with Crippen molar-refractivity contribution < 1.29 is 9.47 Å². The van der Waals surface area contributed by atoms with E-state index >= 15 is 0 Å². The van der Waals surface area contributed by atoms with E-state index in [4.69, 9.17) is 9.47 Å². The summed E-state index contributed by atoms with van der Waals surface area (Å²) in [7, 11) is 0. The molecular weight excluding hydrogens is 248 g/mol. The van der Waals surface area contributed by atoms with Gasteiger partial charge >= 0.3 is 0 Å². The van der Waals surface area contributed by atoms with Crippen LogP contribution in [0.4, 0.5) is 0 Å². The van der Waals surface area contributed by atoms with E-state index in [0.29, 0.717) is 19.0 Å². The van der Waals surface area contributed by atoms with Crippen molar-refractivity contribution in [3.05, 3.63) is 96.5 Å². The van der Waals surface area contributed by atoms with E-state index in [2.05, 4.69) is 6.58 Å². The van der Waals surface area contributed by atoms with Crippen molar-refractivity contribution in [3.8, 4) is 0 Å². The van der Waals surface area contributed by atoms with E-state index in [1.54, 1.807) is 12.3 Å². The molecule has 2 rings (SSSR count). The third-order valence-electron chi connectivity index (χ3n) is 2.74. The Morgan fingerprint density at radius 1 is 0.850 bits per heavy atom. The van der Waals surface area contributed by atoms with Crippen molar-refractivity contribution in [2.45, 2.75) is 13.2 Å². The van der Waals surface area contributed by atoms with Crippen LogP contribution in [0.2, 0.25) is 0 Å². The van der Waals surface area contributed by atoms with Crippen molar-refractivity contribution in [1.29, 1.82) is 0 Å². The Labute approximate surface area is 120 Å². The van der Waals surface area contributed by atoms with Crippen LogP contribution in [-0.4, -0.2) is 0 Å². The monoisotopic (exact) mass is 266 g/mol. The summed E-state index contributed by atoms with van der Waals surface area (Å²) >= 11 is 0. The van der Waals surface area contributed by atoms with Gasteiger partial charge in [0, 0.05) is 0 Å². The fraction of sp³-hybridized carbons (Fsp3) is 0.111. The molecule has 0 aromatic heterocycles. The molecule has 0 aliphatic heterocycles. The smallest absolute Gasteiger partial charge is 0.153 e. The van der Waals surface area contributed by atoms with E-state index in [-0.39, 0.29) is 0 Å². The molecule has 102 valence electrons. The van der Waals surface area contributed by atoms with Crippen molar-refractivity contribution in [1.82, 2.24) is 0 Å². The summed E-state index contributed by atoms with van der Waals surface area (Å²) in [6, 6.07) is 20.0. The predicted molar refractivity (Wildman–Crippen MR) is 80.7 cm³/mol. The molecule has 0 spiro atoms. The minimum Gasteiger partial charge on any atom is -0.493 e. The summed E-state index contributed by atoms with van der Waals surface area (Å²) in [5.41, 5.74) is 2.23. The first kappa shape index (κ1) is 13.9. The first-order valence-electron chi connectivity index (χ1n) is 6.53. The Bertz CT molecular complexity index is 544. The third-order valence-corrected chi connectivity index (χ3v) is 2.74. The molecule has 0 amide bonds. The van der Waals surface area contributed by atoms with Gasteiger partial charge in [0.15, 0.2) is 5.76 Å². The molecule has 0 aliphatic carbocycles. The summed E-state index contributed by atoms with van der Waals surface area (Å²) in [5.74, 6) is 0.629. The van der Waals surface area contributed by atoms with Crippen LogP contribution in [0.1, 0.15) is 11.1 Å². The second-order valence-corrected chi connectivity index (χ2v) is 4.30. The molecule has 2 aromatic rings. The molecule has 2 heteroatoms. The molecule has 0 fully saturated rings. The molecule has 0 bridgehead atoms. The fourth-order valence-electron chi connectivity index (χ4n) is 1.68. The number of ether oxygens (including phenoxy) is 2. The standard InChI is InChI=1S/C18H18O2/c1-2-18(20-14-17-11-7-4-8-12-17)15-19-13-16-9-5-3-6-10-16/h2-12,15H,1,13-14H2/b18-15-. The quantitative estimate of drug-likeness (QED) is 0.544. The normalized spacial score (nSPS) is 10.9. The zero-order valence-corrected chi connectivity index (χ0v) is 11.4. The number of allylic oxidation sites excluding steroid dienone is 1. The maximum Gasteiger partial charge on any atom is 0.153 e. The molecule has 0 unspecified atom stereocenters.